The van der Waals surface area contributed by atoms with Gasteiger partial charge in [0, 0.05) is 36.6 Å². The molecule has 0 saturated heterocycles. The van der Waals surface area contributed by atoms with Crippen LogP contribution in [0, 0.1) is 0 Å². The number of benzene rings is 2. The van der Waals surface area contributed by atoms with Crippen LogP contribution in [0.2, 0.25) is 0 Å². The molecule has 2 aromatic carbocycles. The third kappa shape index (κ3) is 4.89. The number of thioether (sulfide) groups is 1. The molecule has 144 valence electrons. The molecule has 1 heterocycles. The molecular weight excluding hydrogens is 376 g/mol. The van der Waals surface area contributed by atoms with Crippen LogP contribution < -0.4 is 16.4 Å². The Kier molecular flexibility index (Phi) is 5.95. The molecule has 8 nitrogen and oxygen atoms in total. The van der Waals surface area contributed by atoms with Crippen LogP contribution in [-0.4, -0.2) is 32.3 Å². The maximum absolute atomic E-state index is 12.2. The van der Waals surface area contributed by atoms with Crippen LogP contribution in [0.1, 0.15) is 6.92 Å². The number of amides is 2. The normalized spacial score (nSPS) is 10.5. The van der Waals surface area contributed by atoms with Gasteiger partial charge in [-0.25, -0.2) is 0 Å². The number of rotatable bonds is 6. The second-order valence-electron chi connectivity index (χ2n) is 6.08. The highest BCUT2D eigenvalue weighted by atomic mass is 32.2. The fraction of sp³-hybridized carbons (Fsp3) is 0.158. The maximum atomic E-state index is 12.2. The highest BCUT2D eigenvalue weighted by molar-refractivity contribution is 7.99. The van der Waals surface area contributed by atoms with Crippen molar-refractivity contribution in [2.75, 3.05) is 22.1 Å². The lowest BCUT2D eigenvalue weighted by molar-refractivity contribution is -0.114. The van der Waals surface area contributed by atoms with E-state index in [1.807, 2.05) is 35.9 Å². The molecule has 0 saturated carbocycles. The van der Waals surface area contributed by atoms with Crippen molar-refractivity contribution in [3.63, 3.8) is 0 Å². The first-order valence-corrected chi connectivity index (χ1v) is 9.46. The summed E-state index contributed by atoms with van der Waals surface area (Å²) in [5.41, 5.74) is 8.63. The largest absolute Gasteiger partial charge is 0.399 e. The highest BCUT2D eigenvalue weighted by Gasteiger charge is 2.13. The van der Waals surface area contributed by atoms with E-state index in [2.05, 4.69) is 20.8 Å². The highest BCUT2D eigenvalue weighted by Crippen LogP contribution is 2.23. The Morgan fingerprint density at radius 3 is 2.21 bits per heavy atom. The third-order valence-electron chi connectivity index (χ3n) is 3.83. The van der Waals surface area contributed by atoms with Crippen molar-refractivity contribution in [1.82, 2.24) is 14.8 Å². The minimum atomic E-state index is -0.158. The van der Waals surface area contributed by atoms with Crippen molar-refractivity contribution in [3.05, 3.63) is 48.5 Å². The van der Waals surface area contributed by atoms with Crippen molar-refractivity contribution >= 4 is 40.6 Å². The van der Waals surface area contributed by atoms with Crippen LogP contribution >= 0.6 is 11.8 Å². The molecule has 4 N–H and O–H groups in total. The quantitative estimate of drug-likeness (QED) is 0.436. The summed E-state index contributed by atoms with van der Waals surface area (Å²) in [6, 6.07) is 14.3. The van der Waals surface area contributed by atoms with Gasteiger partial charge in [-0.3, -0.25) is 9.59 Å². The summed E-state index contributed by atoms with van der Waals surface area (Å²) in [5, 5.41) is 14.5. The number of carbonyl (C=O) groups is 2. The molecule has 0 fully saturated rings. The average molecular weight is 396 g/mol. The predicted octanol–water partition coefficient (Wildman–Crippen LogP) is 2.75. The van der Waals surface area contributed by atoms with E-state index in [-0.39, 0.29) is 17.6 Å². The Morgan fingerprint density at radius 2 is 1.61 bits per heavy atom. The van der Waals surface area contributed by atoms with Crippen molar-refractivity contribution in [1.29, 1.82) is 0 Å². The minimum Gasteiger partial charge on any atom is -0.399 e. The number of anilines is 3. The first-order chi connectivity index (χ1) is 13.4. The van der Waals surface area contributed by atoms with E-state index in [9.17, 15) is 9.59 Å². The predicted molar refractivity (Wildman–Crippen MR) is 111 cm³/mol. The van der Waals surface area contributed by atoms with E-state index in [1.54, 1.807) is 24.3 Å². The Balaban J connectivity index is 1.57. The summed E-state index contributed by atoms with van der Waals surface area (Å²) >= 11 is 1.30. The maximum Gasteiger partial charge on any atom is 0.234 e. The average Bonchev–Trinajstić information content (AvgIpc) is 3.02. The Labute approximate surface area is 166 Å². The summed E-state index contributed by atoms with van der Waals surface area (Å²) in [6.45, 7) is 1.44. The van der Waals surface area contributed by atoms with Gasteiger partial charge < -0.3 is 20.9 Å². The van der Waals surface area contributed by atoms with Crippen LogP contribution in [-0.2, 0) is 16.6 Å². The molecule has 0 aliphatic rings. The zero-order valence-corrected chi connectivity index (χ0v) is 16.3. The molecule has 0 unspecified atom stereocenters. The monoisotopic (exact) mass is 396 g/mol. The molecule has 0 aliphatic heterocycles. The van der Waals surface area contributed by atoms with Crippen molar-refractivity contribution in [2.45, 2.75) is 12.1 Å². The van der Waals surface area contributed by atoms with Crippen LogP contribution in [0.25, 0.3) is 11.4 Å². The fourth-order valence-electron chi connectivity index (χ4n) is 2.49. The first kappa shape index (κ1) is 19.4. The second kappa shape index (κ2) is 8.57. The van der Waals surface area contributed by atoms with Crippen LogP contribution in [0.5, 0.6) is 0 Å². The van der Waals surface area contributed by atoms with Gasteiger partial charge >= 0.3 is 0 Å². The number of aromatic nitrogens is 3. The Morgan fingerprint density at radius 1 is 1.00 bits per heavy atom. The summed E-state index contributed by atoms with van der Waals surface area (Å²) in [6.07, 6.45) is 0. The number of hydrogen-bond donors (Lipinski definition) is 3. The number of hydrogen-bond acceptors (Lipinski definition) is 6. The van der Waals surface area contributed by atoms with Crippen LogP contribution in [0.15, 0.2) is 53.7 Å². The van der Waals surface area contributed by atoms with Gasteiger partial charge in [-0.05, 0) is 48.5 Å². The number of nitrogens with two attached hydrogens (primary N) is 1. The zero-order chi connectivity index (χ0) is 20.1. The standard InChI is InChI=1S/C19H20N6O2S/c1-12(26)21-15-7-9-16(10-8-15)22-17(27)11-28-19-24-23-18(25(19)2)13-3-5-14(20)6-4-13/h3-10H,11,20H2,1-2H3,(H,21,26)(H,22,27). The van der Waals surface area contributed by atoms with Crippen molar-refractivity contribution < 1.29 is 9.59 Å². The van der Waals surface area contributed by atoms with E-state index < -0.39 is 0 Å². The van der Waals surface area contributed by atoms with Gasteiger partial charge in [-0.1, -0.05) is 11.8 Å². The topological polar surface area (TPSA) is 115 Å². The molecule has 3 aromatic rings. The van der Waals surface area contributed by atoms with Gasteiger partial charge in [-0.2, -0.15) is 0 Å². The summed E-state index contributed by atoms with van der Waals surface area (Å²) < 4.78 is 1.84. The van der Waals surface area contributed by atoms with Gasteiger partial charge in [-0.15, -0.1) is 10.2 Å². The lowest BCUT2D eigenvalue weighted by Gasteiger charge is -2.07. The van der Waals surface area contributed by atoms with Crippen LogP contribution in [0.4, 0.5) is 17.1 Å². The molecule has 2 amide bonds. The Bertz CT molecular complexity index is 983. The van der Waals surface area contributed by atoms with E-state index in [0.29, 0.717) is 28.0 Å². The third-order valence-corrected chi connectivity index (χ3v) is 4.85. The van der Waals surface area contributed by atoms with E-state index in [1.165, 1.54) is 18.7 Å². The molecule has 0 bridgehead atoms. The molecule has 9 heteroatoms. The molecule has 0 aliphatic carbocycles. The summed E-state index contributed by atoms with van der Waals surface area (Å²) in [7, 11) is 1.85. The number of nitrogens with zero attached hydrogens (tertiary/aromatic N) is 3. The van der Waals surface area contributed by atoms with Gasteiger partial charge in [0.05, 0.1) is 5.75 Å². The molecule has 3 rings (SSSR count). The molecule has 0 atom stereocenters. The lowest BCUT2D eigenvalue weighted by Crippen LogP contribution is -2.14. The summed E-state index contributed by atoms with van der Waals surface area (Å²) in [5.74, 6) is 0.599. The first-order valence-electron chi connectivity index (χ1n) is 8.48. The SMILES string of the molecule is CC(=O)Nc1ccc(NC(=O)CSc2nnc(-c3ccc(N)cc3)n2C)cc1. The van der Waals surface area contributed by atoms with Crippen LogP contribution in [0.3, 0.4) is 0 Å². The lowest BCUT2D eigenvalue weighted by atomic mass is 10.2. The number of nitrogen functional groups attached to an aromatic ring is 1. The van der Waals surface area contributed by atoms with Crippen molar-refractivity contribution in [3.8, 4) is 11.4 Å². The Hall–Kier alpha value is -3.33. The van der Waals surface area contributed by atoms with Gasteiger partial charge in [0.1, 0.15) is 0 Å². The fourth-order valence-corrected chi connectivity index (χ4v) is 3.20. The number of nitrogens with one attached hydrogen (secondary N) is 2. The van der Waals surface area contributed by atoms with E-state index >= 15 is 0 Å². The second-order valence-corrected chi connectivity index (χ2v) is 7.03. The molecule has 28 heavy (non-hydrogen) atoms. The van der Waals surface area contributed by atoms with Gasteiger partial charge in [0.2, 0.25) is 11.8 Å². The smallest absolute Gasteiger partial charge is 0.234 e. The number of carbonyl (C=O) groups excluding carboxylic acids is 2. The molecular formula is C19H20N6O2S. The summed E-state index contributed by atoms with van der Waals surface area (Å²) in [4.78, 5) is 23.2. The zero-order valence-electron chi connectivity index (χ0n) is 15.5. The van der Waals surface area contributed by atoms with Gasteiger partial charge in [0.25, 0.3) is 0 Å². The minimum absolute atomic E-state index is 0.143. The van der Waals surface area contributed by atoms with E-state index in [4.69, 9.17) is 5.73 Å². The van der Waals surface area contributed by atoms with Crippen molar-refractivity contribution in [2.24, 2.45) is 7.05 Å². The van der Waals surface area contributed by atoms with E-state index in [0.717, 1.165) is 5.56 Å². The molecule has 0 spiro atoms. The van der Waals surface area contributed by atoms with Gasteiger partial charge in [0.15, 0.2) is 11.0 Å². The molecule has 0 radical (unpaired) electrons. The molecule has 1 aromatic heterocycles.